The van der Waals surface area contributed by atoms with E-state index in [0.717, 1.165) is 6.07 Å². The number of halogens is 2. The smallest absolute Gasteiger partial charge is 0.343 e. The molecule has 1 N–H and O–H groups in total. The number of nitro groups is 1. The molecule has 10 nitrogen and oxygen atoms in total. The highest BCUT2D eigenvalue weighted by Crippen LogP contribution is 2.38. The number of nitrogens with zero attached hydrogens (tertiary/aromatic N) is 2. The van der Waals surface area contributed by atoms with Crippen LogP contribution in [-0.4, -0.2) is 30.5 Å². The van der Waals surface area contributed by atoms with Gasteiger partial charge in [-0.3, -0.25) is 14.9 Å². The van der Waals surface area contributed by atoms with Gasteiger partial charge in [-0.15, -0.1) is 0 Å². The summed E-state index contributed by atoms with van der Waals surface area (Å²) in [6.07, 6.45) is 1.26. The molecule has 38 heavy (non-hydrogen) atoms. The first-order valence-corrected chi connectivity index (χ1v) is 12.0. The van der Waals surface area contributed by atoms with Crippen LogP contribution in [0.4, 0.5) is 11.4 Å². The van der Waals surface area contributed by atoms with Gasteiger partial charge < -0.3 is 19.5 Å². The molecular weight excluding hydrogens is 582 g/mol. The zero-order valence-electron chi connectivity index (χ0n) is 20.0. The summed E-state index contributed by atoms with van der Waals surface area (Å²) in [5.41, 5.74) is -0.243. The summed E-state index contributed by atoms with van der Waals surface area (Å²) < 4.78 is 16.6. The van der Waals surface area contributed by atoms with Gasteiger partial charge in [0, 0.05) is 11.1 Å². The number of methoxy groups -OCH3 is 1. The zero-order valence-corrected chi connectivity index (χ0v) is 22.3. The molecule has 0 heterocycles. The number of carbonyl (C=O) groups is 2. The van der Waals surface area contributed by atoms with E-state index in [1.54, 1.807) is 37.3 Å². The molecule has 194 valence electrons. The van der Waals surface area contributed by atoms with Crippen molar-refractivity contribution in [3.63, 3.8) is 0 Å². The minimum atomic E-state index is -0.873. The van der Waals surface area contributed by atoms with Crippen molar-refractivity contribution in [3.8, 4) is 23.3 Å². The Bertz CT molecular complexity index is 1470. The van der Waals surface area contributed by atoms with Crippen molar-refractivity contribution in [2.24, 2.45) is 0 Å². The fourth-order valence-corrected chi connectivity index (χ4v) is 3.89. The number of benzene rings is 3. The first-order valence-electron chi connectivity index (χ1n) is 10.9. The highest BCUT2D eigenvalue weighted by molar-refractivity contribution is 9.10. The molecule has 3 aromatic carbocycles. The monoisotopic (exact) mass is 599 g/mol. The number of hydrogen-bond acceptors (Lipinski definition) is 8. The van der Waals surface area contributed by atoms with Gasteiger partial charge in [-0.1, -0.05) is 11.6 Å². The van der Waals surface area contributed by atoms with E-state index in [9.17, 15) is 25.0 Å². The van der Waals surface area contributed by atoms with Crippen molar-refractivity contribution in [2.45, 2.75) is 6.92 Å². The Kier molecular flexibility index (Phi) is 9.43. The van der Waals surface area contributed by atoms with E-state index in [1.165, 1.54) is 37.5 Å². The number of ether oxygens (including phenoxy) is 3. The van der Waals surface area contributed by atoms with Crippen LogP contribution in [0, 0.1) is 21.4 Å². The normalized spacial score (nSPS) is 10.8. The van der Waals surface area contributed by atoms with Gasteiger partial charge in [0.2, 0.25) is 0 Å². The Morgan fingerprint density at radius 2 is 1.89 bits per heavy atom. The fourth-order valence-electron chi connectivity index (χ4n) is 3.18. The number of esters is 1. The van der Waals surface area contributed by atoms with Gasteiger partial charge in [0.25, 0.3) is 11.6 Å². The van der Waals surface area contributed by atoms with Crippen molar-refractivity contribution in [1.82, 2.24) is 0 Å². The van der Waals surface area contributed by atoms with Crippen LogP contribution in [0.3, 0.4) is 0 Å². The number of nitro benzene ring substituents is 1. The summed E-state index contributed by atoms with van der Waals surface area (Å²) in [6, 6.07) is 14.9. The molecule has 0 fully saturated rings. The van der Waals surface area contributed by atoms with E-state index in [2.05, 4.69) is 21.2 Å². The second-order valence-corrected chi connectivity index (χ2v) is 8.71. The first-order chi connectivity index (χ1) is 18.2. The maximum Gasteiger partial charge on any atom is 0.343 e. The molecule has 0 aliphatic rings. The number of rotatable bonds is 9. The lowest BCUT2D eigenvalue weighted by Crippen LogP contribution is -2.14. The second kappa shape index (κ2) is 12.7. The number of carbonyl (C=O) groups excluding carboxylic acids is 2. The van der Waals surface area contributed by atoms with Crippen LogP contribution in [-0.2, 0) is 4.79 Å². The van der Waals surface area contributed by atoms with Crippen LogP contribution < -0.4 is 19.5 Å². The summed E-state index contributed by atoms with van der Waals surface area (Å²) >= 11 is 9.16. The third-order valence-corrected chi connectivity index (χ3v) is 5.76. The molecule has 1 amide bonds. The van der Waals surface area contributed by atoms with E-state index in [-0.39, 0.29) is 40.0 Å². The molecule has 0 aromatic heterocycles. The Labute approximate surface area is 230 Å². The molecule has 3 rings (SSSR count). The summed E-state index contributed by atoms with van der Waals surface area (Å²) in [6.45, 7) is 1.97. The third-order valence-electron chi connectivity index (χ3n) is 4.93. The van der Waals surface area contributed by atoms with Gasteiger partial charge in [0.05, 0.1) is 28.7 Å². The van der Waals surface area contributed by atoms with Crippen LogP contribution in [0.5, 0.6) is 17.2 Å². The first kappa shape index (κ1) is 28.2. The van der Waals surface area contributed by atoms with E-state index in [0.29, 0.717) is 15.8 Å². The molecule has 0 atom stereocenters. The molecule has 12 heteroatoms. The van der Waals surface area contributed by atoms with Crippen LogP contribution >= 0.6 is 27.5 Å². The van der Waals surface area contributed by atoms with Gasteiger partial charge in [0.1, 0.15) is 23.1 Å². The average Bonchev–Trinajstić information content (AvgIpc) is 2.90. The number of nitrogens with one attached hydrogen (secondary N) is 1. The number of hydrogen-bond donors (Lipinski definition) is 1. The van der Waals surface area contributed by atoms with Gasteiger partial charge in [-0.05, 0) is 83.0 Å². The lowest BCUT2D eigenvalue weighted by atomic mass is 10.1. The highest BCUT2D eigenvalue weighted by atomic mass is 79.9. The van der Waals surface area contributed by atoms with Crippen LogP contribution in [0.15, 0.2) is 64.6 Å². The van der Waals surface area contributed by atoms with Crippen molar-refractivity contribution in [3.05, 3.63) is 90.9 Å². The average molecular weight is 601 g/mol. The van der Waals surface area contributed by atoms with Crippen LogP contribution in [0.2, 0.25) is 5.02 Å². The van der Waals surface area contributed by atoms with Gasteiger partial charge in [0.15, 0.2) is 11.5 Å². The summed E-state index contributed by atoms with van der Waals surface area (Å²) in [4.78, 5) is 36.0. The van der Waals surface area contributed by atoms with Crippen LogP contribution in [0.25, 0.3) is 6.08 Å². The molecule has 0 bridgehead atoms. The Morgan fingerprint density at radius 1 is 1.18 bits per heavy atom. The fraction of sp³-hybridized carbons (Fsp3) is 0.115. The largest absolute Gasteiger partial charge is 0.497 e. The van der Waals surface area contributed by atoms with E-state index in [1.807, 2.05) is 0 Å². The van der Waals surface area contributed by atoms with Crippen molar-refractivity contribution in [1.29, 1.82) is 5.26 Å². The van der Waals surface area contributed by atoms with E-state index < -0.39 is 22.5 Å². The standard InChI is InChI=1S/C26H19BrClN3O7/c1-3-37-23-12-15(11-20(27)24(23)38-26(33)16-4-7-19(36-2)8-5-16)10-17(14-29)25(32)30-21-9-6-18(28)13-22(21)31(34)35/h4-13H,3H2,1-2H3,(H,30,32)/b17-10+. The predicted molar refractivity (Wildman–Crippen MR) is 144 cm³/mol. The molecule has 0 saturated carbocycles. The molecule has 3 aromatic rings. The minimum absolute atomic E-state index is 0.101. The topological polar surface area (TPSA) is 141 Å². The number of anilines is 1. The molecule has 0 saturated heterocycles. The van der Waals surface area contributed by atoms with Crippen LogP contribution in [0.1, 0.15) is 22.8 Å². The molecule has 0 aliphatic heterocycles. The van der Waals surface area contributed by atoms with Crippen molar-refractivity contribution >= 4 is 56.9 Å². The summed E-state index contributed by atoms with van der Waals surface area (Å²) in [7, 11) is 1.51. The lowest BCUT2D eigenvalue weighted by Gasteiger charge is -2.14. The molecule has 0 aliphatic carbocycles. The molecule has 0 unspecified atom stereocenters. The molecule has 0 spiro atoms. The summed E-state index contributed by atoms with van der Waals surface area (Å²) in [5.74, 6) is -0.649. The Hall–Kier alpha value is -4.40. The Balaban J connectivity index is 1.90. The molecule has 0 radical (unpaired) electrons. The van der Waals surface area contributed by atoms with E-state index >= 15 is 0 Å². The number of nitriles is 1. The second-order valence-electron chi connectivity index (χ2n) is 7.42. The van der Waals surface area contributed by atoms with Gasteiger partial charge >= 0.3 is 5.97 Å². The SMILES string of the molecule is CCOc1cc(/C=C(\C#N)C(=O)Nc2ccc(Cl)cc2[N+](=O)[O-])cc(Br)c1OC(=O)c1ccc(OC)cc1. The molecular formula is C26H19BrClN3O7. The Morgan fingerprint density at radius 3 is 2.50 bits per heavy atom. The lowest BCUT2D eigenvalue weighted by molar-refractivity contribution is -0.383. The van der Waals surface area contributed by atoms with E-state index in [4.69, 9.17) is 25.8 Å². The number of amides is 1. The van der Waals surface area contributed by atoms with Crippen molar-refractivity contribution < 1.29 is 28.7 Å². The maximum atomic E-state index is 12.7. The summed E-state index contributed by atoms with van der Waals surface area (Å²) in [5, 5.41) is 23.4. The highest BCUT2D eigenvalue weighted by Gasteiger charge is 2.20. The zero-order chi connectivity index (χ0) is 27.8. The minimum Gasteiger partial charge on any atom is -0.497 e. The van der Waals surface area contributed by atoms with Gasteiger partial charge in [-0.25, -0.2) is 4.79 Å². The maximum absolute atomic E-state index is 12.7. The van der Waals surface area contributed by atoms with Gasteiger partial charge in [-0.2, -0.15) is 5.26 Å². The third kappa shape index (κ3) is 6.88. The van der Waals surface area contributed by atoms with Crippen molar-refractivity contribution in [2.75, 3.05) is 19.0 Å². The predicted octanol–water partition coefficient (Wildman–Crippen LogP) is 6.18. The quantitative estimate of drug-likeness (QED) is 0.0766.